The molecule has 0 N–H and O–H groups in total. The molecule has 0 saturated carbocycles. The van der Waals surface area contributed by atoms with E-state index in [1.54, 1.807) is 0 Å². The second kappa shape index (κ2) is 10.2. The average Bonchev–Trinajstić information content (AvgIpc) is 2.73. The molecule has 0 unspecified atom stereocenters. The molecule has 160 valence electrons. The molecule has 0 aliphatic rings. The Bertz CT molecular complexity index is 1290. The molecule has 4 nitrogen and oxygen atoms in total. The largest absolute Gasteiger partial charge is 0.378 e. The van der Waals surface area contributed by atoms with E-state index in [0.717, 1.165) is 14.6 Å². The van der Waals surface area contributed by atoms with Crippen LogP contribution in [-0.4, -0.2) is 19.0 Å². The van der Waals surface area contributed by atoms with Crippen LogP contribution >= 0.6 is 43.5 Å². The first-order valence-corrected chi connectivity index (χ1v) is 11.1. The number of nitro groups is 1. The Hall–Kier alpha value is -2.84. The van der Waals surface area contributed by atoms with E-state index in [4.69, 9.17) is 11.6 Å². The highest BCUT2D eigenvalue weighted by molar-refractivity contribution is 9.11. The number of nitro benzene ring substituents is 1. The summed E-state index contributed by atoms with van der Waals surface area (Å²) in [5.74, 6) is 10.8. The quantitative estimate of drug-likeness (QED) is 0.192. The van der Waals surface area contributed by atoms with Crippen LogP contribution in [0.25, 0.3) is 0 Å². The van der Waals surface area contributed by atoms with Gasteiger partial charge in [0.1, 0.15) is 5.82 Å². The highest BCUT2D eigenvalue weighted by atomic mass is 79.9. The van der Waals surface area contributed by atoms with Crippen LogP contribution in [-0.2, 0) is 0 Å². The number of hydrogen-bond donors (Lipinski definition) is 0. The highest BCUT2D eigenvalue weighted by Crippen LogP contribution is 2.30. The van der Waals surface area contributed by atoms with Crippen molar-refractivity contribution >= 4 is 54.8 Å². The number of nitrogens with zero attached hydrogens (tertiary/aromatic N) is 2. The van der Waals surface area contributed by atoms with Crippen LogP contribution in [0.5, 0.6) is 0 Å². The summed E-state index contributed by atoms with van der Waals surface area (Å²) in [7, 11) is 3.86. The van der Waals surface area contributed by atoms with Crippen LogP contribution in [0.3, 0.4) is 0 Å². The van der Waals surface area contributed by atoms with Crippen molar-refractivity contribution in [3.05, 3.63) is 101 Å². The minimum Gasteiger partial charge on any atom is -0.378 e. The Morgan fingerprint density at radius 3 is 2.00 bits per heavy atom. The van der Waals surface area contributed by atoms with Crippen molar-refractivity contribution in [1.82, 2.24) is 0 Å². The predicted molar refractivity (Wildman–Crippen MR) is 133 cm³/mol. The maximum atomic E-state index is 14.7. The smallest absolute Gasteiger partial charge is 0.269 e. The number of benzene rings is 3. The Kier molecular flexibility index (Phi) is 7.58. The third kappa shape index (κ3) is 5.69. The lowest BCUT2D eigenvalue weighted by atomic mass is 10.1. The standard InChI is InChI=1S/C24H14Br2ClFN2O2/c1-29(2)18-13-21(25)19(22(26)14-18)9-10-20-23(27)11-16(12-24(20)28)4-3-15-5-7-17(8-6-15)30(31)32/h5-8,11-14H,1-2H3. The Labute approximate surface area is 206 Å². The van der Waals surface area contributed by atoms with Gasteiger partial charge in [-0.2, -0.15) is 0 Å². The second-order valence-electron chi connectivity index (χ2n) is 6.80. The van der Waals surface area contributed by atoms with Crippen molar-refractivity contribution in [3.63, 3.8) is 0 Å². The normalized spacial score (nSPS) is 9.94. The lowest BCUT2D eigenvalue weighted by Crippen LogP contribution is -2.08. The van der Waals surface area contributed by atoms with Gasteiger partial charge in [0.2, 0.25) is 0 Å². The van der Waals surface area contributed by atoms with Gasteiger partial charge in [-0.25, -0.2) is 4.39 Å². The van der Waals surface area contributed by atoms with Gasteiger partial charge in [-0.1, -0.05) is 35.3 Å². The van der Waals surface area contributed by atoms with Crippen LogP contribution in [0.1, 0.15) is 22.3 Å². The molecule has 3 aromatic rings. The van der Waals surface area contributed by atoms with Gasteiger partial charge in [0.15, 0.2) is 0 Å². The molecule has 0 heterocycles. The van der Waals surface area contributed by atoms with Gasteiger partial charge < -0.3 is 4.90 Å². The summed E-state index contributed by atoms with van der Waals surface area (Å²) in [6.07, 6.45) is 0. The average molecular weight is 577 g/mol. The highest BCUT2D eigenvalue weighted by Gasteiger charge is 2.10. The second-order valence-corrected chi connectivity index (χ2v) is 8.91. The molecule has 0 bridgehead atoms. The van der Waals surface area contributed by atoms with E-state index < -0.39 is 10.7 Å². The molecular formula is C24H14Br2ClFN2O2. The Balaban J connectivity index is 1.90. The van der Waals surface area contributed by atoms with E-state index in [1.165, 1.54) is 36.4 Å². The monoisotopic (exact) mass is 574 g/mol. The first-order valence-electron chi connectivity index (χ1n) is 9.09. The number of halogens is 4. The summed E-state index contributed by atoms with van der Waals surface area (Å²) in [6, 6.07) is 12.4. The maximum Gasteiger partial charge on any atom is 0.269 e. The molecule has 0 atom stereocenters. The van der Waals surface area contributed by atoms with Gasteiger partial charge in [0, 0.05) is 52.0 Å². The molecule has 0 aromatic heterocycles. The van der Waals surface area contributed by atoms with E-state index in [1.807, 2.05) is 31.1 Å². The van der Waals surface area contributed by atoms with Gasteiger partial charge >= 0.3 is 0 Å². The summed E-state index contributed by atoms with van der Waals surface area (Å²) in [5, 5.41) is 10.9. The summed E-state index contributed by atoms with van der Waals surface area (Å²) < 4.78 is 16.2. The fourth-order valence-electron chi connectivity index (χ4n) is 2.64. The van der Waals surface area contributed by atoms with Gasteiger partial charge in [-0.15, -0.1) is 0 Å². The zero-order chi connectivity index (χ0) is 23.4. The summed E-state index contributed by atoms with van der Waals surface area (Å²) in [4.78, 5) is 12.2. The predicted octanol–water partition coefficient (Wildman–Crippen LogP) is 6.78. The first kappa shape index (κ1) is 23.8. The zero-order valence-corrected chi connectivity index (χ0v) is 20.8. The van der Waals surface area contributed by atoms with Crippen molar-refractivity contribution in [2.75, 3.05) is 19.0 Å². The first-order chi connectivity index (χ1) is 15.2. The topological polar surface area (TPSA) is 46.4 Å². The number of non-ortho nitro benzene ring substituents is 1. The van der Waals surface area contributed by atoms with Gasteiger partial charge in [-0.3, -0.25) is 10.1 Å². The van der Waals surface area contributed by atoms with Crippen molar-refractivity contribution in [3.8, 4) is 23.7 Å². The van der Waals surface area contributed by atoms with E-state index in [-0.39, 0.29) is 16.3 Å². The van der Waals surface area contributed by atoms with Crippen LogP contribution in [0.2, 0.25) is 5.02 Å². The molecule has 3 aromatic carbocycles. The molecule has 0 aliphatic carbocycles. The SMILES string of the molecule is CN(C)c1cc(Br)c(C#Cc2c(F)cc(C#Cc3ccc([N+](=O)[O-])cc3)cc2Cl)c(Br)c1. The minimum absolute atomic E-state index is 0.0257. The van der Waals surface area contributed by atoms with Crippen molar-refractivity contribution in [1.29, 1.82) is 0 Å². The van der Waals surface area contributed by atoms with E-state index in [2.05, 4.69) is 55.5 Å². The van der Waals surface area contributed by atoms with E-state index >= 15 is 0 Å². The van der Waals surface area contributed by atoms with Crippen molar-refractivity contribution in [2.45, 2.75) is 0 Å². The number of rotatable bonds is 2. The lowest BCUT2D eigenvalue weighted by Gasteiger charge is -2.14. The molecule has 0 saturated heterocycles. The van der Waals surface area contributed by atoms with Crippen LogP contribution < -0.4 is 4.90 Å². The lowest BCUT2D eigenvalue weighted by molar-refractivity contribution is -0.384. The third-order valence-corrected chi connectivity index (χ3v) is 5.88. The van der Waals surface area contributed by atoms with Crippen molar-refractivity contribution in [2.24, 2.45) is 0 Å². The Morgan fingerprint density at radius 1 is 0.906 bits per heavy atom. The van der Waals surface area contributed by atoms with E-state index in [9.17, 15) is 14.5 Å². The number of anilines is 1. The third-order valence-electron chi connectivity index (χ3n) is 4.33. The summed E-state index contributed by atoms with van der Waals surface area (Å²) in [6.45, 7) is 0. The fourth-order valence-corrected chi connectivity index (χ4v) is 4.25. The van der Waals surface area contributed by atoms with Gasteiger partial charge in [0.05, 0.1) is 21.1 Å². The van der Waals surface area contributed by atoms with E-state index in [0.29, 0.717) is 16.7 Å². The Morgan fingerprint density at radius 2 is 1.47 bits per heavy atom. The molecule has 3 rings (SSSR count). The van der Waals surface area contributed by atoms with Crippen molar-refractivity contribution < 1.29 is 9.31 Å². The van der Waals surface area contributed by atoms with Gasteiger partial charge in [-0.05, 0) is 68.3 Å². The molecule has 8 heteroatoms. The van der Waals surface area contributed by atoms with Crippen LogP contribution in [0.15, 0.2) is 57.5 Å². The maximum absolute atomic E-state index is 14.7. The molecule has 32 heavy (non-hydrogen) atoms. The van der Waals surface area contributed by atoms with Gasteiger partial charge in [0.25, 0.3) is 5.69 Å². The summed E-state index contributed by atoms with van der Waals surface area (Å²) >= 11 is 13.3. The minimum atomic E-state index is -0.588. The van der Waals surface area contributed by atoms with Crippen LogP contribution in [0, 0.1) is 39.6 Å². The molecule has 0 fully saturated rings. The molecular weight excluding hydrogens is 563 g/mol. The molecule has 0 aliphatic heterocycles. The molecule has 0 radical (unpaired) electrons. The molecule has 0 amide bonds. The zero-order valence-electron chi connectivity index (χ0n) is 16.8. The molecule has 0 spiro atoms. The number of hydrogen-bond acceptors (Lipinski definition) is 3. The van der Waals surface area contributed by atoms with Crippen LogP contribution in [0.4, 0.5) is 15.8 Å². The summed E-state index contributed by atoms with van der Waals surface area (Å²) in [5.41, 5.74) is 2.63. The fraction of sp³-hybridized carbons (Fsp3) is 0.0833.